The van der Waals surface area contributed by atoms with Crippen LogP contribution < -0.4 is 0 Å². The molecule has 19 heavy (non-hydrogen) atoms. The molecule has 0 aliphatic carbocycles. The summed E-state index contributed by atoms with van der Waals surface area (Å²) < 4.78 is 10.4. The molecule has 1 aromatic rings. The Kier molecular flexibility index (Phi) is 6.36. The summed E-state index contributed by atoms with van der Waals surface area (Å²) in [6.07, 6.45) is 3.26. The van der Waals surface area contributed by atoms with E-state index < -0.39 is 0 Å². The molecule has 0 aromatic carbocycles. The molecule has 0 radical (unpaired) electrons. The van der Waals surface area contributed by atoms with E-state index in [9.17, 15) is 4.79 Å². The molecule has 1 heterocycles. The van der Waals surface area contributed by atoms with Crippen molar-refractivity contribution in [3.05, 3.63) is 29.7 Å². The van der Waals surface area contributed by atoms with Crippen molar-refractivity contribution in [1.82, 2.24) is 4.90 Å². The summed E-state index contributed by atoms with van der Waals surface area (Å²) in [7, 11) is 1.64. The number of amides is 1. The zero-order valence-corrected chi connectivity index (χ0v) is 12.2. The van der Waals surface area contributed by atoms with Crippen LogP contribution in [0.5, 0.6) is 0 Å². The zero-order valence-electron chi connectivity index (χ0n) is 12.2. The predicted octanol–water partition coefficient (Wildman–Crippen LogP) is 2.73. The number of ether oxygens (including phenoxy) is 1. The molecule has 1 aromatic heterocycles. The van der Waals surface area contributed by atoms with Gasteiger partial charge >= 0.3 is 0 Å². The largest absolute Gasteiger partial charge is 0.462 e. The lowest BCUT2D eigenvalue weighted by atomic mass is 10.2. The summed E-state index contributed by atoms with van der Waals surface area (Å²) in [6.45, 7) is 7.94. The van der Waals surface area contributed by atoms with Gasteiger partial charge in [-0.25, -0.2) is 0 Å². The second-order valence-corrected chi connectivity index (χ2v) is 4.95. The van der Waals surface area contributed by atoms with Gasteiger partial charge in [-0.1, -0.05) is 13.8 Å². The van der Waals surface area contributed by atoms with E-state index in [1.807, 2.05) is 19.1 Å². The molecule has 0 bridgehead atoms. The molecule has 0 N–H and O–H groups in total. The average molecular weight is 265 g/mol. The molecule has 0 saturated carbocycles. The van der Waals surface area contributed by atoms with Crippen molar-refractivity contribution < 1.29 is 13.9 Å². The first-order valence-corrected chi connectivity index (χ1v) is 6.55. The highest BCUT2D eigenvalue weighted by Gasteiger charge is 2.12. The molecule has 1 rings (SSSR count). The summed E-state index contributed by atoms with van der Waals surface area (Å²) >= 11 is 0. The van der Waals surface area contributed by atoms with Crippen molar-refractivity contribution >= 4 is 12.0 Å². The normalized spacial score (nSPS) is 11.4. The highest BCUT2D eigenvalue weighted by Crippen LogP contribution is 2.09. The van der Waals surface area contributed by atoms with Gasteiger partial charge in [0.2, 0.25) is 5.91 Å². The number of carbonyl (C=O) groups excluding carboxylic acids is 1. The first-order chi connectivity index (χ1) is 9.02. The standard InChI is InChI=1S/C15H23NO3/c1-12(2)11-16(9-10-18-4)15(17)8-7-14-6-5-13(3)19-14/h5-8,12H,9-11H2,1-4H3/b8-7+. The van der Waals surface area contributed by atoms with Gasteiger partial charge in [-0.3, -0.25) is 4.79 Å². The van der Waals surface area contributed by atoms with Crippen LogP contribution in [0.2, 0.25) is 0 Å². The van der Waals surface area contributed by atoms with E-state index in [0.29, 0.717) is 24.8 Å². The Bertz CT molecular complexity index is 421. The maximum Gasteiger partial charge on any atom is 0.246 e. The Balaban J connectivity index is 2.62. The van der Waals surface area contributed by atoms with Crippen LogP contribution in [0, 0.1) is 12.8 Å². The van der Waals surface area contributed by atoms with E-state index in [1.54, 1.807) is 24.2 Å². The smallest absolute Gasteiger partial charge is 0.246 e. The molecule has 0 atom stereocenters. The van der Waals surface area contributed by atoms with E-state index in [0.717, 1.165) is 12.3 Å². The first-order valence-electron chi connectivity index (χ1n) is 6.55. The van der Waals surface area contributed by atoms with Crippen LogP contribution >= 0.6 is 0 Å². The predicted molar refractivity (Wildman–Crippen MR) is 75.8 cm³/mol. The van der Waals surface area contributed by atoms with Crippen LogP contribution in [0.25, 0.3) is 6.08 Å². The third kappa shape index (κ3) is 5.75. The SMILES string of the molecule is COCCN(CC(C)C)C(=O)/C=C/c1ccc(C)o1. The zero-order chi connectivity index (χ0) is 14.3. The van der Waals surface area contributed by atoms with Crippen LogP contribution in [-0.4, -0.2) is 37.6 Å². The molecule has 0 aliphatic heterocycles. The van der Waals surface area contributed by atoms with Crippen molar-refractivity contribution in [3.8, 4) is 0 Å². The fourth-order valence-corrected chi connectivity index (χ4v) is 1.74. The maximum atomic E-state index is 12.1. The van der Waals surface area contributed by atoms with Gasteiger partial charge in [0.05, 0.1) is 6.61 Å². The summed E-state index contributed by atoms with van der Waals surface area (Å²) in [6, 6.07) is 3.72. The number of aryl methyl sites for hydroxylation is 1. The van der Waals surface area contributed by atoms with Crippen molar-refractivity contribution in [1.29, 1.82) is 0 Å². The monoisotopic (exact) mass is 265 g/mol. The minimum atomic E-state index is -0.0141. The summed E-state index contributed by atoms with van der Waals surface area (Å²) in [5.41, 5.74) is 0. The second-order valence-electron chi connectivity index (χ2n) is 4.95. The highest BCUT2D eigenvalue weighted by atomic mass is 16.5. The van der Waals surface area contributed by atoms with Crippen molar-refractivity contribution in [2.75, 3.05) is 26.8 Å². The minimum absolute atomic E-state index is 0.0141. The number of nitrogens with zero attached hydrogens (tertiary/aromatic N) is 1. The van der Waals surface area contributed by atoms with Gasteiger partial charge in [0.15, 0.2) is 0 Å². The molecule has 0 fully saturated rings. The van der Waals surface area contributed by atoms with Gasteiger partial charge in [0.25, 0.3) is 0 Å². The molecule has 0 saturated heterocycles. The summed E-state index contributed by atoms with van der Waals surface area (Å²) in [5.74, 6) is 1.95. The van der Waals surface area contributed by atoms with Gasteiger partial charge in [-0.05, 0) is 31.1 Å². The summed E-state index contributed by atoms with van der Waals surface area (Å²) in [5, 5.41) is 0. The lowest BCUT2D eigenvalue weighted by Gasteiger charge is -2.22. The van der Waals surface area contributed by atoms with Gasteiger partial charge < -0.3 is 14.1 Å². The molecule has 0 spiro atoms. The number of methoxy groups -OCH3 is 1. The topological polar surface area (TPSA) is 42.7 Å². The third-order valence-corrected chi connectivity index (χ3v) is 2.61. The van der Waals surface area contributed by atoms with Crippen molar-refractivity contribution in [3.63, 3.8) is 0 Å². The highest BCUT2D eigenvalue weighted by molar-refractivity contribution is 5.91. The number of furan rings is 1. The third-order valence-electron chi connectivity index (χ3n) is 2.61. The lowest BCUT2D eigenvalue weighted by molar-refractivity contribution is -0.127. The quantitative estimate of drug-likeness (QED) is 0.712. The van der Waals surface area contributed by atoms with E-state index in [1.165, 1.54) is 0 Å². The number of carbonyl (C=O) groups is 1. The number of hydrogen-bond acceptors (Lipinski definition) is 3. The van der Waals surface area contributed by atoms with Gasteiger partial charge in [0.1, 0.15) is 11.5 Å². The fourth-order valence-electron chi connectivity index (χ4n) is 1.74. The molecule has 1 amide bonds. The summed E-state index contributed by atoms with van der Waals surface area (Å²) in [4.78, 5) is 13.9. The number of rotatable bonds is 7. The molecule has 0 unspecified atom stereocenters. The molecule has 0 aliphatic rings. The van der Waals surface area contributed by atoms with Crippen molar-refractivity contribution in [2.24, 2.45) is 5.92 Å². The van der Waals surface area contributed by atoms with Crippen molar-refractivity contribution in [2.45, 2.75) is 20.8 Å². The van der Waals surface area contributed by atoms with E-state index >= 15 is 0 Å². The molecule has 4 heteroatoms. The molecule has 4 nitrogen and oxygen atoms in total. The molecule has 106 valence electrons. The Hall–Kier alpha value is -1.55. The van der Waals surface area contributed by atoms with E-state index in [-0.39, 0.29) is 5.91 Å². The molecular weight excluding hydrogens is 242 g/mol. The Morgan fingerprint density at radius 2 is 2.21 bits per heavy atom. The Labute approximate surface area is 115 Å². The second kappa shape index (κ2) is 7.79. The van der Waals surface area contributed by atoms with Crippen LogP contribution in [0.1, 0.15) is 25.4 Å². The minimum Gasteiger partial charge on any atom is -0.462 e. The van der Waals surface area contributed by atoms with Crippen LogP contribution in [0.4, 0.5) is 0 Å². The maximum absolute atomic E-state index is 12.1. The Morgan fingerprint density at radius 3 is 2.74 bits per heavy atom. The fraction of sp³-hybridized carbons (Fsp3) is 0.533. The Morgan fingerprint density at radius 1 is 1.47 bits per heavy atom. The first kappa shape index (κ1) is 15.5. The van der Waals surface area contributed by atoms with Gasteiger partial charge in [-0.15, -0.1) is 0 Å². The van der Waals surface area contributed by atoms with Crippen LogP contribution in [0.3, 0.4) is 0 Å². The van der Waals surface area contributed by atoms with Crippen LogP contribution in [0.15, 0.2) is 22.6 Å². The van der Waals surface area contributed by atoms with E-state index in [2.05, 4.69) is 13.8 Å². The van der Waals surface area contributed by atoms with E-state index in [4.69, 9.17) is 9.15 Å². The van der Waals surface area contributed by atoms with Gasteiger partial charge in [-0.2, -0.15) is 0 Å². The van der Waals surface area contributed by atoms with Gasteiger partial charge in [0, 0.05) is 26.3 Å². The molecular formula is C15H23NO3. The number of hydrogen-bond donors (Lipinski definition) is 0. The lowest BCUT2D eigenvalue weighted by Crippen LogP contribution is -2.35. The average Bonchev–Trinajstić information content (AvgIpc) is 2.77. The van der Waals surface area contributed by atoms with Crippen LogP contribution in [-0.2, 0) is 9.53 Å².